The molecule has 0 radical (unpaired) electrons. The Morgan fingerprint density at radius 3 is 2.55 bits per heavy atom. The van der Waals surface area contributed by atoms with E-state index in [0.717, 1.165) is 24.3 Å². The van der Waals surface area contributed by atoms with Crippen LogP contribution < -0.4 is 5.32 Å². The van der Waals surface area contributed by atoms with Gasteiger partial charge in [-0.2, -0.15) is 5.10 Å². The number of ether oxygens (including phenoxy) is 1. The zero-order valence-electron chi connectivity index (χ0n) is 12.4. The number of rotatable bonds is 7. The third kappa shape index (κ3) is 3.08. The number of para-hydroxylation sites is 1. The van der Waals surface area contributed by atoms with Gasteiger partial charge in [0.2, 0.25) is 0 Å². The van der Waals surface area contributed by atoms with Crippen LogP contribution in [0.1, 0.15) is 32.0 Å². The van der Waals surface area contributed by atoms with Gasteiger partial charge in [0.25, 0.3) is 0 Å². The van der Waals surface area contributed by atoms with Gasteiger partial charge in [0.15, 0.2) is 0 Å². The van der Waals surface area contributed by atoms with Crippen LogP contribution in [0.3, 0.4) is 0 Å². The molecule has 20 heavy (non-hydrogen) atoms. The van der Waals surface area contributed by atoms with Gasteiger partial charge in [-0.3, -0.25) is 0 Å². The maximum absolute atomic E-state index is 5.63. The molecular formula is C16H23N3O. The number of hydrogen-bond donors (Lipinski definition) is 1. The van der Waals surface area contributed by atoms with E-state index in [1.165, 1.54) is 0 Å². The number of aromatic nitrogens is 2. The number of nitrogens with one attached hydrogen (secondary N) is 1. The Hall–Kier alpha value is -1.65. The lowest BCUT2D eigenvalue weighted by Crippen LogP contribution is -2.34. The minimum Gasteiger partial charge on any atom is -0.379 e. The van der Waals surface area contributed by atoms with Crippen molar-refractivity contribution in [3.8, 4) is 5.69 Å². The second-order valence-electron chi connectivity index (χ2n) is 4.72. The minimum absolute atomic E-state index is 0.133. The van der Waals surface area contributed by atoms with Crippen molar-refractivity contribution in [2.45, 2.75) is 32.4 Å². The van der Waals surface area contributed by atoms with Crippen LogP contribution in [-0.4, -0.2) is 29.5 Å². The Balaban J connectivity index is 2.37. The molecule has 0 aliphatic heterocycles. The Kier molecular flexibility index (Phi) is 5.32. The van der Waals surface area contributed by atoms with Crippen molar-refractivity contribution in [2.75, 3.05) is 13.7 Å². The molecule has 2 atom stereocenters. The van der Waals surface area contributed by atoms with Crippen LogP contribution in [0.25, 0.3) is 5.69 Å². The maximum atomic E-state index is 5.63. The summed E-state index contributed by atoms with van der Waals surface area (Å²) in [4.78, 5) is 0. The molecule has 0 amide bonds. The summed E-state index contributed by atoms with van der Waals surface area (Å²) in [5, 5.41) is 7.97. The van der Waals surface area contributed by atoms with Crippen molar-refractivity contribution in [3.63, 3.8) is 0 Å². The largest absolute Gasteiger partial charge is 0.379 e. The molecule has 0 saturated heterocycles. The third-order valence-corrected chi connectivity index (χ3v) is 3.49. The lowest BCUT2D eigenvalue weighted by Gasteiger charge is -2.26. The van der Waals surface area contributed by atoms with Gasteiger partial charge in [-0.05, 0) is 31.2 Å². The molecule has 0 saturated carbocycles. The number of hydrogen-bond acceptors (Lipinski definition) is 3. The van der Waals surface area contributed by atoms with Crippen LogP contribution in [-0.2, 0) is 4.74 Å². The Morgan fingerprint density at radius 1 is 1.20 bits per heavy atom. The highest BCUT2D eigenvalue weighted by molar-refractivity contribution is 5.33. The first-order valence-electron chi connectivity index (χ1n) is 7.17. The summed E-state index contributed by atoms with van der Waals surface area (Å²) >= 11 is 0. The minimum atomic E-state index is 0.133. The van der Waals surface area contributed by atoms with E-state index in [9.17, 15) is 0 Å². The quantitative estimate of drug-likeness (QED) is 0.843. The summed E-state index contributed by atoms with van der Waals surface area (Å²) in [5.74, 6) is 0. The lowest BCUT2D eigenvalue weighted by molar-refractivity contribution is 0.0635. The molecule has 0 fully saturated rings. The average Bonchev–Trinajstić information content (AvgIpc) is 2.97. The number of likely N-dealkylation sites (N-methyl/N-ethyl adjacent to an activating group) is 1. The van der Waals surface area contributed by atoms with E-state index in [4.69, 9.17) is 4.74 Å². The normalized spacial score (nSPS) is 14.2. The topological polar surface area (TPSA) is 39.1 Å². The first kappa shape index (κ1) is 14.8. The molecule has 0 bridgehead atoms. The molecule has 2 rings (SSSR count). The SMILES string of the molecule is CCNC(c1ccnn1-c1ccccc1)C(CC)OC. The summed E-state index contributed by atoms with van der Waals surface area (Å²) in [7, 11) is 1.77. The molecule has 4 heteroatoms. The first-order valence-corrected chi connectivity index (χ1v) is 7.17. The first-order chi connectivity index (χ1) is 9.81. The smallest absolute Gasteiger partial charge is 0.0778 e. The number of benzene rings is 1. The van der Waals surface area contributed by atoms with Gasteiger partial charge < -0.3 is 10.1 Å². The van der Waals surface area contributed by atoms with Gasteiger partial charge in [0.1, 0.15) is 0 Å². The zero-order valence-corrected chi connectivity index (χ0v) is 12.4. The molecule has 1 aromatic heterocycles. The Labute approximate surface area is 120 Å². The van der Waals surface area contributed by atoms with Crippen molar-refractivity contribution in [1.82, 2.24) is 15.1 Å². The molecular weight excluding hydrogens is 250 g/mol. The zero-order chi connectivity index (χ0) is 14.4. The van der Waals surface area contributed by atoms with Crippen LogP contribution in [0.5, 0.6) is 0 Å². The van der Waals surface area contributed by atoms with E-state index in [2.05, 4.69) is 42.5 Å². The van der Waals surface area contributed by atoms with Crippen LogP contribution in [0.15, 0.2) is 42.6 Å². The Bertz CT molecular complexity index is 505. The van der Waals surface area contributed by atoms with Crippen molar-refractivity contribution >= 4 is 0 Å². The summed E-state index contributed by atoms with van der Waals surface area (Å²) in [6.45, 7) is 5.14. The summed E-state index contributed by atoms with van der Waals surface area (Å²) < 4.78 is 7.61. The van der Waals surface area contributed by atoms with E-state index in [-0.39, 0.29) is 12.1 Å². The molecule has 0 spiro atoms. The molecule has 108 valence electrons. The summed E-state index contributed by atoms with van der Waals surface area (Å²) in [5.41, 5.74) is 2.20. The molecule has 4 nitrogen and oxygen atoms in total. The summed E-state index contributed by atoms with van der Waals surface area (Å²) in [6.07, 6.45) is 2.93. The highest BCUT2D eigenvalue weighted by atomic mass is 16.5. The number of nitrogens with zero attached hydrogens (tertiary/aromatic N) is 2. The number of methoxy groups -OCH3 is 1. The predicted molar refractivity (Wildman–Crippen MR) is 81.1 cm³/mol. The van der Waals surface area contributed by atoms with Crippen molar-refractivity contribution in [3.05, 3.63) is 48.3 Å². The molecule has 1 N–H and O–H groups in total. The van der Waals surface area contributed by atoms with Gasteiger partial charge in [-0.1, -0.05) is 32.0 Å². The van der Waals surface area contributed by atoms with Gasteiger partial charge in [-0.15, -0.1) is 0 Å². The van der Waals surface area contributed by atoms with Crippen LogP contribution >= 0.6 is 0 Å². The third-order valence-electron chi connectivity index (χ3n) is 3.49. The van der Waals surface area contributed by atoms with Crippen LogP contribution in [0.4, 0.5) is 0 Å². The predicted octanol–water partition coefficient (Wildman–Crippen LogP) is 2.95. The fourth-order valence-corrected chi connectivity index (χ4v) is 2.52. The second-order valence-corrected chi connectivity index (χ2v) is 4.72. The van der Waals surface area contributed by atoms with E-state index in [0.29, 0.717) is 0 Å². The van der Waals surface area contributed by atoms with Crippen LogP contribution in [0, 0.1) is 0 Å². The van der Waals surface area contributed by atoms with Crippen molar-refractivity contribution in [2.24, 2.45) is 0 Å². The van der Waals surface area contributed by atoms with Crippen LogP contribution in [0.2, 0.25) is 0 Å². The molecule has 1 heterocycles. The second kappa shape index (κ2) is 7.22. The van der Waals surface area contributed by atoms with Gasteiger partial charge >= 0.3 is 0 Å². The van der Waals surface area contributed by atoms with Gasteiger partial charge in [0.05, 0.1) is 23.5 Å². The standard InChI is InChI=1S/C16H23N3O/c1-4-15(20-3)16(17-5-2)14-11-12-18-19(14)13-9-7-6-8-10-13/h6-12,15-17H,4-5H2,1-3H3. The van der Waals surface area contributed by atoms with E-state index >= 15 is 0 Å². The van der Waals surface area contributed by atoms with Crippen molar-refractivity contribution in [1.29, 1.82) is 0 Å². The molecule has 2 aromatic rings. The molecule has 0 aliphatic carbocycles. The van der Waals surface area contributed by atoms with E-state index < -0.39 is 0 Å². The highest BCUT2D eigenvalue weighted by Gasteiger charge is 2.24. The molecule has 2 unspecified atom stereocenters. The maximum Gasteiger partial charge on any atom is 0.0778 e. The van der Waals surface area contributed by atoms with Gasteiger partial charge in [-0.25, -0.2) is 4.68 Å². The molecule has 1 aromatic carbocycles. The summed E-state index contributed by atoms with van der Waals surface area (Å²) in [6, 6.07) is 12.4. The highest BCUT2D eigenvalue weighted by Crippen LogP contribution is 2.23. The Morgan fingerprint density at radius 2 is 1.95 bits per heavy atom. The van der Waals surface area contributed by atoms with E-state index in [1.807, 2.05) is 29.1 Å². The fraction of sp³-hybridized carbons (Fsp3) is 0.438. The van der Waals surface area contributed by atoms with Crippen molar-refractivity contribution < 1.29 is 4.74 Å². The molecule has 0 aliphatic rings. The average molecular weight is 273 g/mol. The fourth-order valence-electron chi connectivity index (χ4n) is 2.52. The lowest BCUT2D eigenvalue weighted by atomic mass is 10.0. The monoisotopic (exact) mass is 273 g/mol. The van der Waals surface area contributed by atoms with Gasteiger partial charge in [0, 0.05) is 13.3 Å². The van der Waals surface area contributed by atoms with E-state index in [1.54, 1.807) is 7.11 Å².